The van der Waals surface area contributed by atoms with Gasteiger partial charge in [-0.15, -0.1) is 0 Å². The van der Waals surface area contributed by atoms with E-state index in [1.807, 2.05) is 48.5 Å². The first-order valence-corrected chi connectivity index (χ1v) is 6.55. The van der Waals surface area contributed by atoms with Crippen LogP contribution in [0.15, 0.2) is 48.5 Å². The number of hydrogen-bond acceptors (Lipinski definition) is 4. The Morgan fingerprint density at radius 2 is 1.86 bits per heavy atom. The Kier molecular flexibility index (Phi) is 2.51. The van der Waals surface area contributed by atoms with Crippen LogP contribution >= 0.6 is 0 Å². The van der Waals surface area contributed by atoms with E-state index in [1.54, 1.807) is 0 Å². The zero-order valence-corrected chi connectivity index (χ0v) is 11.0. The summed E-state index contributed by atoms with van der Waals surface area (Å²) in [7, 11) is 0. The Hall–Kier alpha value is -3.06. The SMILES string of the molecule is N#Cc1cc2ccccc2nc1-c1ccc2c(c1)OCO2. The third-order valence-electron chi connectivity index (χ3n) is 3.49. The Labute approximate surface area is 121 Å². The zero-order chi connectivity index (χ0) is 14.2. The molecule has 0 aliphatic carbocycles. The summed E-state index contributed by atoms with van der Waals surface area (Å²) in [6.45, 7) is 0.231. The molecule has 3 aromatic rings. The monoisotopic (exact) mass is 274 g/mol. The van der Waals surface area contributed by atoms with Crippen LogP contribution in [0.1, 0.15) is 5.56 Å². The Bertz CT molecular complexity index is 897. The van der Waals surface area contributed by atoms with Gasteiger partial charge in [-0.3, -0.25) is 0 Å². The van der Waals surface area contributed by atoms with E-state index in [0.29, 0.717) is 17.0 Å². The van der Waals surface area contributed by atoms with Gasteiger partial charge in [0.05, 0.1) is 16.8 Å². The topological polar surface area (TPSA) is 55.1 Å². The average molecular weight is 274 g/mol. The standard InChI is InChI=1S/C17H10N2O2/c18-9-13-7-11-3-1-2-4-14(11)19-17(13)12-5-6-15-16(8-12)21-10-20-15/h1-8H,10H2. The van der Waals surface area contributed by atoms with E-state index in [1.165, 1.54) is 0 Å². The molecule has 2 heterocycles. The summed E-state index contributed by atoms with van der Waals surface area (Å²) < 4.78 is 10.7. The third-order valence-corrected chi connectivity index (χ3v) is 3.49. The lowest BCUT2D eigenvalue weighted by molar-refractivity contribution is 0.174. The molecule has 0 saturated carbocycles. The van der Waals surface area contributed by atoms with E-state index in [9.17, 15) is 5.26 Å². The van der Waals surface area contributed by atoms with Gasteiger partial charge in [0.2, 0.25) is 6.79 Å². The minimum atomic E-state index is 0.231. The molecule has 21 heavy (non-hydrogen) atoms. The number of fused-ring (bicyclic) bond motifs is 2. The number of para-hydroxylation sites is 1. The molecule has 0 saturated heterocycles. The number of rotatable bonds is 1. The van der Waals surface area contributed by atoms with Gasteiger partial charge in [-0.2, -0.15) is 5.26 Å². The number of hydrogen-bond donors (Lipinski definition) is 0. The lowest BCUT2D eigenvalue weighted by atomic mass is 10.0. The van der Waals surface area contributed by atoms with Gasteiger partial charge < -0.3 is 9.47 Å². The van der Waals surface area contributed by atoms with Crippen LogP contribution in [0.5, 0.6) is 11.5 Å². The van der Waals surface area contributed by atoms with E-state index in [2.05, 4.69) is 11.1 Å². The van der Waals surface area contributed by atoms with Crippen molar-refractivity contribution in [3.05, 3.63) is 54.1 Å². The van der Waals surface area contributed by atoms with Gasteiger partial charge in [0, 0.05) is 10.9 Å². The van der Waals surface area contributed by atoms with Crippen molar-refractivity contribution in [1.82, 2.24) is 4.98 Å². The molecule has 4 heteroatoms. The molecule has 1 aliphatic rings. The first-order chi connectivity index (χ1) is 10.3. The molecule has 0 spiro atoms. The fraction of sp³-hybridized carbons (Fsp3) is 0.0588. The largest absolute Gasteiger partial charge is 0.454 e. The molecule has 100 valence electrons. The maximum absolute atomic E-state index is 9.39. The smallest absolute Gasteiger partial charge is 0.231 e. The normalized spacial score (nSPS) is 12.3. The van der Waals surface area contributed by atoms with E-state index in [4.69, 9.17) is 9.47 Å². The van der Waals surface area contributed by atoms with E-state index >= 15 is 0 Å². The van der Waals surface area contributed by atoms with Crippen molar-refractivity contribution < 1.29 is 9.47 Å². The molecule has 0 bridgehead atoms. The Morgan fingerprint density at radius 3 is 2.76 bits per heavy atom. The lowest BCUT2D eigenvalue weighted by Gasteiger charge is -2.07. The number of benzene rings is 2. The molecule has 1 aliphatic heterocycles. The maximum atomic E-state index is 9.39. The average Bonchev–Trinajstić information content (AvgIpc) is 3.01. The second-order valence-corrected chi connectivity index (χ2v) is 4.76. The fourth-order valence-corrected chi connectivity index (χ4v) is 2.47. The van der Waals surface area contributed by atoms with Crippen molar-refractivity contribution in [2.75, 3.05) is 6.79 Å². The maximum Gasteiger partial charge on any atom is 0.231 e. The minimum absolute atomic E-state index is 0.231. The van der Waals surface area contributed by atoms with Crippen molar-refractivity contribution in [3.63, 3.8) is 0 Å². The van der Waals surface area contributed by atoms with Crippen LogP contribution in [-0.2, 0) is 0 Å². The van der Waals surface area contributed by atoms with Crippen LogP contribution in [0, 0.1) is 11.3 Å². The van der Waals surface area contributed by atoms with Gasteiger partial charge in [0.15, 0.2) is 11.5 Å². The van der Waals surface area contributed by atoms with Crippen LogP contribution in [0.4, 0.5) is 0 Å². The van der Waals surface area contributed by atoms with Crippen LogP contribution in [0.2, 0.25) is 0 Å². The van der Waals surface area contributed by atoms with E-state index < -0.39 is 0 Å². The molecule has 0 fully saturated rings. The van der Waals surface area contributed by atoms with Crippen LogP contribution in [0.3, 0.4) is 0 Å². The highest BCUT2D eigenvalue weighted by molar-refractivity contribution is 5.85. The van der Waals surface area contributed by atoms with Crippen molar-refractivity contribution in [3.8, 4) is 28.8 Å². The quantitative estimate of drug-likeness (QED) is 0.681. The summed E-state index contributed by atoms with van der Waals surface area (Å²) >= 11 is 0. The van der Waals surface area contributed by atoms with Crippen molar-refractivity contribution in [2.24, 2.45) is 0 Å². The van der Waals surface area contributed by atoms with Gasteiger partial charge >= 0.3 is 0 Å². The van der Waals surface area contributed by atoms with E-state index in [-0.39, 0.29) is 6.79 Å². The lowest BCUT2D eigenvalue weighted by Crippen LogP contribution is -1.93. The number of nitrogens with zero attached hydrogens (tertiary/aromatic N) is 2. The summed E-state index contributed by atoms with van der Waals surface area (Å²) in [6.07, 6.45) is 0. The predicted molar refractivity (Wildman–Crippen MR) is 78.0 cm³/mol. The molecule has 0 N–H and O–H groups in total. The third kappa shape index (κ3) is 1.87. The highest BCUT2D eigenvalue weighted by Gasteiger charge is 2.16. The van der Waals surface area contributed by atoms with Gasteiger partial charge in [0.1, 0.15) is 6.07 Å². The summed E-state index contributed by atoms with van der Waals surface area (Å²) in [5.74, 6) is 1.41. The molecule has 0 atom stereocenters. The summed E-state index contributed by atoms with van der Waals surface area (Å²) in [5, 5.41) is 10.3. The highest BCUT2D eigenvalue weighted by Crippen LogP contribution is 2.36. The molecule has 2 aromatic carbocycles. The molecule has 1 aromatic heterocycles. The molecule has 4 nitrogen and oxygen atoms in total. The molecule has 4 rings (SSSR count). The summed E-state index contributed by atoms with van der Waals surface area (Å²) in [5.41, 5.74) is 2.92. The van der Waals surface area contributed by atoms with Gasteiger partial charge in [-0.25, -0.2) is 4.98 Å². The second-order valence-electron chi connectivity index (χ2n) is 4.76. The van der Waals surface area contributed by atoms with Crippen molar-refractivity contribution in [1.29, 1.82) is 5.26 Å². The predicted octanol–water partition coefficient (Wildman–Crippen LogP) is 3.50. The molecule has 0 amide bonds. The van der Waals surface area contributed by atoms with Gasteiger partial charge in [-0.1, -0.05) is 18.2 Å². The van der Waals surface area contributed by atoms with Crippen LogP contribution in [-0.4, -0.2) is 11.8 Å². The van der Waals surface area contributed by atoms with Crippen LogP contribution in [0.25, 0.3) is 22.2 Å². The van der Waals surface area contributed by atoms with E-state index in [0.717, 1.165) is 22.2 Å². The summed E-state index contributed by atoms with van der Waals surface area (Å²) in [4.78, 5) is 4.62. The number of ether oxygens (including phenoxy) is 2. The number of pyridine rings is 1. The van der Waals surface area contributed by atoms with Gasteiger partial charge in [0.25, 0.3) is 0 Å². The fourth-order valence-electron chi connectivity index (χ4n) is 2.47. The minimum Gasteiger partial charge on any atom is -0.454 e. The number of aromatic nitrogens is 1. The van der Waals surface area contributed by atoms with Crippen molar-refractivity contribution >= 4 is 10.9 Å². The Morgan fingerprint density at radius 1 is 1.00 bits per heavy atom. The molecule has 0 radical (unpaired) electrons. The summed E-state index contributed by atoms with van der Waals surface area (Å²) in [6, 6.07) is 17.4. The molecule has 0 unspecified atom stereocenters. The Balaban J connectivity index is 1.95. The van der Waals surface area contributed by atoms with Crippen LogP contribution < -0.4 is 9.47 Å². The van der Waals surface area contributed by atoms with Gasteiger partial charge in [-0.05, 0) is 30.3 Å². The van der Waals surface area contributed by atoms with Crippen molar-refractivity contribution in [2.45, 2.75) is 0 Å². The first-order valence-electron chi connectivity index (χ1n) is 6.55. The highest BCUT2D eigenvalue weighted by atomic mass is 16.7. The first kappa shape index (κ1) is 11.7. The molecular formula is C17H10N2O2. The zero-order valence-electron chi connectivity index (χ0n) is 11.0. The molecular weight excluding hydrogens is 264 g/mol. The second kappa shape index (κ2) is 4.50. The number of nitriles is 1.